The summed E-state index contributed by atoms with van der Waals surface area (Å²) in [6.07, 6.45) is 1.34. The van der Waals surface area contributed by atoms with Gasteiger partial charge >= 0.3 is 0 Å². The summed E-state index contributed by atoms with van der Waals surface area (Å²) in [4.78, 5) is 0. The smallest absolute Gasteiger partial charge is 0.0776 e. The van der Waals surface area contributed by atoms with E-state index >= 15 is 0 Å². The summed E-state index contributed by atoms with van der Waals surface area (Å²) in [5, 5.41) is 0. The quantitative estimate of drug-likeness (QED) is 0.364. The van der Waals surface area contributed by atoms with Crippen LogP contribution in [0.2, 0.25) is 6.32 Å². The molecule has 3 heteroatoms. The van der Waals surface area contributed by atoms with Crippen molar-refractivity contribution in [1.82, 2.24) is 0 Å². The highest BCUT2D eigenvalue weighted by molar-refractivity contribution is 7.23. The first kappa shape index (κ1) is 5.19. The van der Waals surface area contributed by atoms with Gasteiger partial charge in [0.15, 0.2) is 0 Å². The van der Waals surface area contributed by atoms with Crippen LogP contribution >= 0.6 is 0 Å². The van der Waals surface area contributed by atoms with E-state index in [1.165, 1.54) is 20.6 Å². The van der Waals surface area contributed by atoms with Gasteiger partial charge in [0.25, 0.3) is 0 Å². The van der Waals surface area contributed by atoms with Crippen molar-refractivity contribution in [2.45, 2.75) is 13.2 Å². The van der Waals surface area contributed by atoms with E-state index in [1.54, 1.807) is 0 Å². The van der Waals surface area contributed by atoms with Crippen LogP contribution in [0.3, 0.4) is 0 Å². The van der Waals surface area contributed by atoms with Crippen LogP contribution in [0, 0.1) is 0 Å². The molecule has 28 valence electrons. The Morgan fingerprint density at radius 2 is 2.60 bits per heavy atom. The normalized spacial score (nSPS) is 6.60. The summed E-state index contributed by atoms with van der Waals surface area (Å²) in [7, 11) is 4.94. The maximum Gasteiger partial charge on any atom is 0.0776 e. The Morgan fingerprint density at radius 1 is 2.00 bits per heavy atom. The second-order valence-corrected chi connectivity index (χ2v) is 1.35. The lowest BCUT2D eigenvalue weighted by Crippen LogP contribution is -1.98. The van der Waals surface area contributed by atoms with E-state index in [0.29, 0.717) is 0 Å². The molecule has 0 heterocycles. The molecule has 0 amide bonds. The van der Waals surface area contributed by atoms with Gasteiger partial charge in [-0.1, -0.05) is 13.2 Å². The Balaban J connectivity index is 0. The second kappa shape index (κ2) is 4.19. The summed E-state index contributed by atoms with van der Waals surface area (Å²) in [6, 6.07) is 0. The molecular weight excluding hydrogens is 56.5 g/mol. The first-order valence-electron chi connectivity index (χ1n) is 2.41. The van der Waals surface area contributed by atoms with Crippen LogP contribution in [-0.2, 0) is 0 Å². The Labute approximate surface area is 37.7 Å². The summed E-state index contributed by atoms with van der Waals surface area (Å²) >= 11 is 0. The third-order valence-corrected chi connectivity index (χ3v) is 0.707. The van der Waals surface area contributed by atoms with E-state index in [4.69, 9.17) is 0 Å². The SMILES string of the molecule is BBBCC.[HH]. The molecule has 0 unspecified atom stereocenters. The molecule has 0 atom stereocenters. The highest BCUT2D eigenvalue weighted by Crippen LogP contribution is 1.63. The molecule has 0 aromatic rings. The summed E-state index contributed by atoms with van der Waals surface area (Å²) in [5.41, 5.74) is 0. The maximum atomic E-state index is 2.21. The standard InChI is InChI=1S/C2H9B3.H2/c1-2-4-5-3;/h4-5H,2-3H2,1H3;1H. The van der Waals surface area contributed by atoms with Crippen molar-refractivity contribution in [3.63, 3.8) is 0 Å². The van der Waals surface area contributed by atoms with Gasteiger partial charge in [-0.2, -0.15) is 0 Å². The topological polar surface area (TPSA) is 0 Å². The van der Waals surface area contributed by atoms with E-state index < -0.39 is 0 Å². The third kappa shape index (κ3) is 4.19. The zero-order chi connectivity index (χ0) is 4.12. The van der Waals surface area contributed by atoms with Gasteiger partial charge in [0.05, 0.1) is 22.0 Å². The fourth-order valence-electron chi connectivity index (χ4n) is 0.354. The lowest BCUT2D eigenvalue weighted by molar-refractivity contribution is 1.47. The van der Waals surface area contributed by atoms with Gasteiger partial charge in [-0.05, 0) is 0 Å². The largest absolute Gasteiger partial charge is 0.0881 e. The van der Waals surface area contributed by atoms with Crippen LogP contribution < -0.4 is 0 Å². The van der Waals surface area contributed by atoms with Gasteiger partial charge in [0.1, 0.15) is 0 Å². The molecule has 0 aromatic carbocycles. The minimum Gasteiger partial charge on any atom is -0.0881 e. The minimum atomic E-state index is 0. The average molecular weight is 67.5 g/mol. The number of hydrogen-bond acceptors (Lipinski definition) is 0. The van der Waals surface area contributed by atoms with E-state index in [9.17, 15) is 0 Å². The molecule has 5 heavy (non-hydrogen) atoms. The molecule has 0 aliphatic heterocycles. The molecule has 0 fully saturated rings. The minimum absolute atomic E-state index is 0. The zero-order valence-electron chi connectivity index (χ0n) is 4.12. The Hall–Kier alpha value is 0.195. The highest BCUT2D eigenvalue weighted by atomic mass is 13.3. The first-order chi connectivity index (χ1) is 2.41. The van der Waals surface area contributed by atoms with Crippen LogP contribution in [-0.4, -0.2) is 22.0 Å². The van der Waals surface area contributed by atoms with Crippen molar-refractivity contribution >= 4 is 22.0 Å². The van der Waals surface area contributed by atoms with Gasteiger partial charge in [0, 0.05) is 1.43 Å². The molecule has 0 aliphatic rings. The van der Waals surface area contributed by atoms with E-state index in [2.05, 4.69) is 14.7 Å². The fourth-order valence-corrected chi connectivity index (χ4v) is 0.354. The van der Waals surface area contributed by atoms with Gasteiger partial charge < -0.3 is 0 Å². The molecule has 0 saturated heterocycles. The van der Waals surface area contributed by atoms with E-state index in [0.717, 1.165) is 0 Å². The van der Waals surface area contributed by atoms with Crippen LogP contribution in [0.5, 0.6) is 0 Å². The predicted octanol–water partition coefficient (Wildman–Crippen LogP) is -0.993. The molecule has 0 radical (unpaired) electrons. The number of rotatable bonds is 2. The first-order valence-corrected chi connectivity index (χ1v) is 2.41. The molecule has 0 N–H and O–H groups in total. The predicted molar refractivity (Wildman–Crippen MR) is 35.4 cm³/mol. The van der Waals surface area contributed by atoms with Gasteiger partial charge in [-0.3, -0.25) is 0 Å². The van der Waals surface area contributed by atoms with Crippen molar-refractivity contribution in [1.29, 1.82) is 0 Å². The zero-order valence-corrected chi connectivity index (χ0v) is 4.12. The molecule has 0 spiro atoms. The molecule has 0 saturated carbocycles. The molecule has 0 nitrogen and oxygen atoms in total. The van der Waals surface area contributed by atoms with E-state index in [-0.39, 0.29) is 1.43 Å². The van der Waals surface area contributed by atoms with Crippen molar-refractivity contribution in [2.24, 2.45) is 0 Å². The molecular formula is C2H11B3. The highest BCUT2D eigenvalue weighted by Gasteiger charge is 1.75. The summed E-state index contributed by atoms with van der Waals surface area (Å²) in [5.74, 6) is 0. The monoisotopic (exact) mass is 68.1 g/mol. The number of hydrogen-bond donors (Lipinski definition) is 0. The van der Waals surface area contributed by atoms with Crippen LogP contribution in [0.15, 0.2) is 0 Å². The van der Waals surface area contributed by atoms with Crippen molar-refractivity contribution in [2.75, 3.05) is 0 Å². The van der Waals surface area contributed by atoms with Crippen LogP contribution in [0.4, 0.5) is 0 Å². The van der Waals surface area contributed by atoms with Crippen molar-refractivity contribution in [3.05, 3.63) is 0 Å². The third-order valence-electron chi connectivity index (χ3n) is 0.707. The Morgan fingerprint density at radius 3 is 2.60 bits per heavy atom. The van der Waals surface area contributed by atoms with Crippen molar-refractivity contribution < 1.29 is 1.43 Å². The summed E-state index contributed by atoms with van der Waals surface area (Å²) in [6.45, 7) is 2.21. The lowest BCUT2D eigenvalue weighted by atomic mass is 9.27. The van der Waals surface area contributed by atoms with Crippen LogP contribution in [0.1, 0.15) is 8.35 Å². The van der Waals surface area contributed by atoms with Gasteiger partial charge in [-0.25, -0.2) is 0 Å². The van der Waals surface area contributed by atoms with E-state index in [1.807, 2.05) is 0 Å². The van der Waals surface area contributed by atoms with Crippen LogP contribution in [0.25, 0.3) is 0 Å². The summed E-state index contributed by atoms with van der Waals surface area (Å²) < 4.78 is 0. The Kier molecular flexibility index (Phi) is 4.36. The molecule has 0 bridgehead atoms. The van der Waals surface area contributed by atoms with Gasteiger partial charge in [-0.15, -0.1) is 0 Å². The molecule has 0 aliphatic carbocycles. The molecule has 0 rings (SSSR count). The maximum absolute atomic E-state index is 2.21. The Bertz CT molecular complexity index is 16.3. The fraction of sp³-hybridized carbons (Fsp3) is 1.00. The lowest BCUT2D eigenvalue weighted by Gasteiger charge is -1.72. The second-order valence-electron chi connectivity index (χ2n) is 1.35. The van der Waals surface area contributed by atoms with Crippen molar-refractivity contribution in [3.8, 4) is 0 Å². The average Bonchev–Trinajstić information content (AvgIpc) is 1.41. The van der Waals surface area contributed by atoms with Gasteiger partial charge in [0.2, 0.25) is 0 Å². The molecule has 0 aromatic heterocycles.